The summed E-state index contributed by atoms with van der Waals surface area (Å²) in [7, 11) is 0. The Morgan fingerprint density at radius 2 is 1.89 bits per heavy atom. The topological polar surface area (TPSA) is 60.4 Å². The lowest BCUT2D eigenvalue weighted by molar-refractivity contribution is -0.306. The molecule has 4 fully saturated rings. The summed E-state index contributed by atoms with van der Waals surface area (Å²) in [6.45, 7) is 7.11. The van der Waals surface area contributed by atoms with E-state index < -0.39 is 5.97 Å². The molecular formula is C24H39O3-. The van der Waals surface area contributed by atoms with E-state index in [0.717, 1.165) is 24.7 Å². The minimum Gasteiger partial charge on any atom is -0.550 e. The molecule has 0 radical (unpaired) electrons. The van der Waals surface area contributed by atoms with Crippen LogP contribution in [-0.4, -0.2) is 17.2 Å². The molecule has 0 aliphatic heterocycles. The van der Waals surface area contributed by atoms with Crippen LogP contribution in [0, 0.1) is 46.3 Å². The molecule has 1 N–H and O–H groups in total. The first-order chi connectivity index (χ1) is 12.8. The van der Waals surface area contributed by atoms with Gasteiger partial charge in [-0.15, -0.1) is 0 Å². The second kappa shape index (κ2) is 7.04. The summed E-state index contributed by atoms with van der Waals surface area (Å²) in [5.74, 6) is 2.84. The van der Waals surface area contributed by atoms with Gasteiger partial charge in [0, 0.05) is 5.97 Å². The average molecular weight is 376 g/mol. The number of carboxylic acids is 1. The molecule has 0 heterocycles. The zero-order valence-corrected chi connectivity index (χ0v) is 17.6. The lowest BCUT2D eigenvalue weighted by Gasteiger charge is -2.62. The number of hydrogen-bond donors (Lipinski definition) is 1. The van der Waals surface area contributed by atoms with E-state index in [4.69, 9.17) is 0 Å². The Hall–Kier alpha value is -0.570. The number of aliphatic hydroxyl groups excluding tert-OH is 1. The molecule has 4 saturated carbocycles. The summed E-state index contributed by atoms with van der Waals surface area (Å²) in [6, 6.07) is 0. The van der Waals surface area contributed by atoms with Crippen molar-refractivity contribution in [3.05, 3.63) is 0 Å². The van der Waals surface area contributed by atoms with Crippen molar-refractivity contribution in [3.8, 4) is 0 Å². The van der Waals surface area contributed by atoms with Gasteiger partial charge in [0.2, 0.25) is 0 Å². The highest BCUT2D eigenvalue weighted by Gasteiger charge is 2.63. The maximum Gasteiger partial charge on any atom is 0.0602 e. The monoisotopic (exact) mass is 375 g/mol. The third-order valence-corrected chi connectivity index (χ3v) is 10.3. The Labute approximate surface area is 165 Å². The summed E-state index contributed by atoms with van der Waals surface area (Å²) < 4.78 is 0. The predicted molar refractivity (Wildman–Crippen MR) is 105 cm³/mol. The Balaban J connectivity index is 1.57. The van der Waals surface area contributed by atoms with Gasteiger partial charge in [-0.2, -0.15) is 0 Å². The normalized spacial score (nSPS) is 50.4. The predicted octanol–water partition coefficient (Wildman–Crippen LogP) is 4.17. The van der Waals surface area contributed by atoms with Crippen LogP contribution in [0.1, 0.15) is 91.4 Å². The molecule has 3 nitrogen and oxygen atoms in total. The Morgan fingerprint density at radius 1 is 1.11 bits per heavy atom. The lowest BCUT2D eigenvalue weighted by atomic mass is 9.44. The second-order valence-electron chi connectivity index (χ2n) is 11.1. The first-order valence-corrected chi connectivity index (χ1v) is 11.7. The van der Waals surface area contributed by atoms with Crippen molar-refractivity contribution in [2.24, 2.45) is 46.3 Å². The highest BCUT2D eigenvalue weighted by Crippen LogP contribution is 2.68. The molecule has 4 aliphatic rings. The smallest absolute Gasteiger partial charge is 0.0602 e. The van der Waals surface area contributed by atoms with Crippen LogP contribution in [0.25, 0.3) is 0 Å². The number of carboxylic acid groups (broad SMARTS) is 1. The zero-order chi connectivity index (χ0) is 19.4. The molecule has 0 spiro atoms. The van der Waals surface area contributed by atoms with Gasteiger partial charge in [-0.3, -0.25) is 0 Å². The van der Waals surface area contributed by atoms with Gasteiger partial charge in [0.15, 0.2) is 0 Å². The van der Waals surface area contributed by atoms with Crippen LogP contribution in [0.3, 0.4) is 0 Å². The van der Waals surface area contributed by atoms with Gasteiger partial charge >= 0.3 is 0 Å². The van der Waals surface area contributed by atoms with Crippen LogP contribution in [0.5, 0.6) is 0 Å². The van der Waals surface area contributed by atoms with Gasteiger partial charge in [0.05, 0.1) is 6.10 Å². The maximum atomic E-state index is 11.5. The molecule has 0 bridgehead atoms. The van der Waals surface area contributed by atoms with Gasteiger partial charge in [0.25, 0.3) is 0 Å². The van der Waals surface area contributed by atoms with E-state index in [9.17, 15) is 15.0 Å². The van der Waals surface area contributed by atoms with E-state index >= 15 is 0 Å². The van der Waals surface area contributed by atoms with Crippen molar-refractivity contribution < 1.29 is 15.0 Å². The van der Waals surface area contributed by atoms with Crippen LogP contribution in [-0.2, 0) is 4.79 Å². The number of aliphatic carboxylic acids is 1. The number of rotatable bonds is 4. The molecule has 0 amide bonds. The number of aliphatic hydroxyl groups is 1. The van der Waals surface area contributed by atoms with Gasteiger partial charge in [0.1, 0.15) is 0 Å². The first kappa shape index (κ1) is 19.7. The van der Waals surface area contributed by atoms with Gasteiger partial charge in [-0.25, -0.2) is 0 Å². The third kappa shape index (κ3) is 2.98. The maximum absolute atomic E-state index is 11.5. The summed E-state index contributed by atoms with van der Waals surface area (Å²) in [6.07, 6.45) is 12.3. The number of carbonyl (C=O) groups excluding carboxylic acids is 1. The summed E-state index contributed by atoms with van der Waals surface area (Å²) >= 11 is 0. The van der Waals surface area contributed by atoms with Crippen molar-refractivity contribution >= 4 is 5.97 Å². The van der Waals surface area contributed by atoms with Crippen molar-refractivity contribution in [1.29, 1.82) is 0 Å². The molecule has 0 unspecified atom stereocenters. The molecule has 9 atom stereocenters. The van der Waals surface area contributed by atoms with Gasteiger partial charge < -0.3 is 15.0 Å². The van der Waals surface area contributed by atoms with Gasteiger partial charge in [-0.1, -0.05) is 33.6 Å². The van der Waals surface area contributed by atoms with Crippen LogP contribution in [0.2, 0.25) is 0 Å². The fraction of sp³-hybridized carbons (Fsp3) is 0.958. The second-order valence-corrected chi connectivity index (χ2v) is 11.1. The molecular weight excluding hydrogens is 336 g/mol. The standard InChI is InChI=1S/C24H40O3/c1-15(7-12-22(26)27)18-10-11-19-17-9-8-16-6-4-5-13-23(16,2)20(17)14-21(25)24(18,19)3/h15-21,25H,4-14H2,1-3H3,(H,26,27)/p-1/t15-,16-,17+,18+,19-,20+,21-,23-,24+/m0/s1. The lowest BCUT2D eigenvalue weighted by Crippen LogP contribution is -2.58. The molecule has 27 heavy (non-hydrogen) atoms. The molecule has 4 aliphatic carbocycles. The van der Waals surface area contributed by atoms with Crippen LogP contribution in [0.4, 0.5) is 0 Å². The van der Waals surface area contributed by atoms with Crippen LogP contribution >= 0.6 is 0 Å². The highest BCUT2D eigenvalue weighted by atomic mass is 16.4. The Kier molecular flexibility index (Phi) is 5.15. The number of hydrogen-bond acceptors (Lipinski definition) is 3. The van der Waals surface area contributed by atoms with E-state index in [1.807, 2.05) is 0 Å². The minimum absolute atomic E-state index is 0.0234. The van der Waals surface area contributed by atoms with Crippen molar-refractivity contribution in [3.63, 3.8) is 0 Å². The summed E-state index contributed by atoms with van der Waals surface area (Å²) in [4.78, 5) is 10.9. The van der Waals surface area contributed by atoms with E-state index in [1.165, 1.54) is 44.9 Å². The number of carbonyl (C=O) groups is 1. The van der Waals surface area contributed by atoms with Crippen LogP contribution in [0.15, 0.2) is 0 Å². The fourth-order valence-corrected chi connectivity index (χ4v) is 8.77. The third-order valence-electron chi connectivity index (χ3n) is 10.3. The minimum atomic E-state index is -0.936. The SMILES string of the molecule is C[C@@H](CCC(=O)[O-])[C@H]1CC[C@H]2[C@H]3CC[C@@H]4CCCC[C@]4(C)[C@@H]3C[C@H](O)[C@]12C. The first-order valence-electron chi connectivity index (χ1n) is 11.7. The zero-order valence-electron chi connectivity index (χ0n) is 17.6. The Bertz CT molecular complexity index is 574. The molecule has 3 heteroatoms. The van der Waals surface area contributed by atoms with E-state index in [2.05, 4.69) is 20.8 Å². The highest BCUT2D eigenvalue weighted by molar-refractivity contribution is 5.64. The molecule has 0 aromatic heterocycles. The van der Waals surface area contributed by atoms with E-state index in [1.54, 1.807) is 0 Å². The van der Waals surface area contributed by atoms with Crippen LogP contribution < -0.4 is 5.11 Å². The molecule has 154 valence electrons. The average Bonchev–Trinajstić information content (AvgIpc) is 2.99. The quantitative estimate of drug-likeness (QED) is 0.802. The molecule has 0 saturated heterocycles. The van der Waals surface area contributed by atoms with Crippen molar-refractivity contribution in [2.45, 2.75) is 97.5 Å². The summed E-state index contributed by atoms with van der Waals surface area (Å²) in [5, 5.41) is 22.4. The summed E-state index contributed by atoms with van der Waals surface area (Å²) in [5.41, 5.74) is 0.423. The van der Waals surface area contributed by atoms with E-state index in [0.29, 0.717) is 35.5 Å². The Morgan fingerprint density at radius 3 is 2.63 bits per heavy atom. The molecule has 4 rings (SSSR count). The van der Waals surface area contributed by atoms with Crippen molar-refractivity contribution in [1.82, 2.24) is 0 Å². The molecule has 0 aromatic rings. The van der Waals surface area contributed by atoms with Gasteiger partial charge in [-0.05, 0) is 104 Å². The van der Waals surface area contributed by atoms with E-state index in [-0.39, 0.29) is 17.9 Å². The largest absolute Gasteiger partial charge is 0.550 e. The fourth-order valence-electron chi connectivity index (χ4n) is 8.77. The molecule has 0 aromatic carbocycles. The van der Waals surface area contributed by atoms with Crippen molar-refractivity contribution in [2.75, 3.05) is 0 Å². The number of fused-ring (bicyclic) bond motifs is 5.